The molecule has 0 spiro atoms. The zero-order valence-corrected chi connectivity index (χ0v) is 7.08. The van der Waals surface area contributed by atoms with Crippen molar-refractivity contribution in [3.05, 3.63) is 31.5 Å². The zero-order valence-electron chi connectivity index (χ0n) is 3.94. The van der Waals surface area contributed by atoms with E-state index in [1.807, 2.05) is 12.2 Å². The predicted octanol–water partition coefficient (Wildman–Crippen LogP) is 1.55. The summed E-state index contributed by atoms with van der Waals surface area (Å²) < 4.78 is 1.42. The van der Waals surface area contributed by atoms with Crippen LogP contribution in [0.3, 0.4) is 0 Å². The molecule has 0 nitrogen and oxygen atoms in total. The van der Waals surface area contributed by atoms with E-state index in [9.17, 15) is 0 Å². The van der Waals surface area contributed by atoms with Crippen LogP contribution in [-0.2, 0) is 0 Å². The Kier molecular flexibility index (Phi) is 1.84. The molecule has 0 heterocycles. The fourth-order valence-electron chi connectivity index (χ4n) is 0.457. The van der Waals surface area contributed by atoms with E-state index >= 15 is 0 Å². The van der Waals surface area contributed by atoms with E-state index in [1.54, 1.807) is 0 Å². The van der Waals surface area contributed by atoms with Crippen molar-refractivity contribution in [2.45, 2.75) is 0 Å². The minimum absolute atomic E-state index is 1.14. The van der Waals surface area contributed by atoms with Crippen LogP contribution in [0.4, 0.5) is 0 Å². The van der Waals surface area contributed by atoms with Crippen molar-refractivity contribution in [3.8, 4) is 0 Å². The topological polar surface area (TPSA) is 0 Å². The van der Waals surface area contributed by atoms with Crippen molar-refractivity contribution in [3.63, 3.8) is 0 Å². The van der Waals surface area contributed by atoms with Gasteiger partial charge in [0.15, 0.2) is 0 Å². The van der Waals surface area contributed by atoms with Crippen molar-refractivity contribution in [2.75, 3.05) is 0 Å². The third-order valence-corrected chi connectivity index (χ3v) is 2.44. The summed E-state index contributed by atoms with van der Waals surface area (Å²) in [7, 11) is 0. The van der Waals surface area contributed by atoms with Gasteiger partial charge in [-0.3, -0.25) is 0 Å². The van der Waals surface area contributed by atoms with Gasteiger partial charge in [0, 0.05) is 0 Å². The fraction of sp³-hybridized carbons (Fsp3) is 0. The van der Waals surface area contributed by atoms with Crippen LogP contribution in [0, 0.1) is 39.6 Å². The Morgan fingerprint density at radius 1 is 1.57 bits per heavy atom. The van der Waals surface area contributed by atoms with E-state index in [0.717, 1.165) is 39.6 Å². The van der Waals surface area contributed by atoms with Crippen LogP contribution >= 0.6 is 0 Å². The molecule has 1 heteroatoms. The maximum atomic E-state index is 3.81. The van der Waals surface area contributed by atoms with Gasteiger partial charge in [0.1, 0.15) is 0 Å². The molecular formula is C6H5Ce. The van der Waals surface area contributed by atoms with Crippen LogP contribution in [-0.4, -0.2) is 0 Å². The molecule has 1 rings (SSSR count). The van der Waals surface area contributed by atoms with Crippen molar-refractivity contribution >= 4 is 0 Å². The summed E-state index contributed by atoms with van der Waals surface area (Å²) in [5.74, 6) is 0. The summed E-state index contributed by atoms with van der Waals surface area (Å²) in [4.78, 5) is 0. The van der Waals surface area contributed by atoms with Gasteiger partial charge in [-0.05, 0) is 0 Å². The summed E-state index contributed by atoms with van der Waals surface area (Å²) in [6, 6.07) is 0. The Balaban J connectivity index is 2.89. The molecule has 0 N–H and O–H groups in total. The first-order valence-corrected chi connectivity index (χ1v) is 3.67. The third-order valence-electron chi connectivity index (χ3n) is 0.906. The average molecular weight is 217 g/mol. The Hall–Kier alpha value is 0.597. The minimum atomic E-state index is 1.14. The van der Waals surface area contributed by atoms with E-state index < -0.39 is 0 Å². The van der Waals surface area contributed by atoms with Crippen LogP contribution in [0.2, 0.25) is 0 Å². The van der Waals surface area contributed by atoms with Crippen LogP contribution in [0.1, 0.15) is 0 Å². The molecule has 0 unspecified atom stereocenters. The summed E-state index contributed by atoms with van der Waals surface area (Å²) in [5, 5.41) is 0. The first-order chi connectivity index (χ1) is 3.30. The van der Waals surface area contributed by atoms with Crippen molar-refractivity contribution in [2.24, 2.45) is 0 Å². The molecule has 0 saturated heterocycles. The van der Waals surface area contributed by atoms with Crippen LogP contribution in [0.5, 0.6) is 0 Å². The first kappa shape index (κ1) is 5.73. The molecule has 0 fully saturated rings. The van der Waals surface area contributed by atoms with Gasteiger partial charge in [-0.2, -0.15) is 0 Å². The van der Waals surface area contributed by atoms with Gasteiger partial charge in [-0.15, -0.1) is 0 Å². The maximum absolute atomic E-state index is 3.81. The molecule has 1 aliphatic rings. The fourth-order valence-corrected chi connectivity index (χ4v) is 1.02. The first-order valence-electron chi connectivity index (χ1n) is 2.10. The SMILES string of the molecule is C=C1C=CC=[C]1[Ce]. The van der Waals surface area contributed by atoms with Gasteiger partial charge in [0.25, 0.3) is 0 Å². The molecule has 7 heavy (non-hydrogen) atoms. The van der Waals surface area contributed by atoms with E-state index in [2.05, 4.69) is 12.7 Å². The number of hydrogen-bond donors (Lipinski definition) is 0. The monoisotopic (exact) mass is 217 g/mol. The number of rotatable bonds is 0. The predicted molar refractivity (Wildman–Crippen MR) is 26.4 cm³/mol. The zero-order chi connectivity index (χ0) is 5.28. The standard InChI is InChI=1S/C6H5.Ce/c1-6-4-2-3-5-6;/h2-4H,1H2;. The summed E-state index contributed by atoms with van der Waals surface area (Å²) in [6.07, 6.45) is 6.21. The Bertz CT molecular complexity index is 152. The van der Waals surface area contributed by atoms with Crippen LogP contribution in [0.25, 0.3) is 0 Å². The second-order valence-corrected chi connectivity index (χ2v) is 3.16. The van der Waals surface area contributed by atoms with Gasteiger partial charge < -0.3 is 0 Å². The third kappa shape index (κ3) is 1.24. The summed E-state index contributed by atoms with van der Waals surface area (Å²) in [5.41, 5.74) is 1.20. The van der Waals surface area contributed by atoms with Crippen molar-refractivity contribution < 1.29 is 39.6 Å². The van der Waals surface area contributed by atoms with E-state index in [-0.39, 0.29) is 0 Å². The molecule has 0 radical (unpaired) electrons. The molecule has 0 aliphatic heterocycles. The molecule has 0 aromatic heterocycles. The molecule has 0 aromatic carbocycles. The molecule has 1 aliphatic carbocycles. The molecule has 0 amide bonds. The quantitative estimate of drug-likeness (QED) is 0.577. The van der Waals surface area contributed by atoms with E-state index in [1.165, 1.54) is 6.66 Å². The molecule has 0 aromatic rings. The molecular weight excluding hydrogens is 212 g/mol. The molecule has 0 atom stereocenters. The second kappa shape index (κ2) is 2.24. The van der Waals surface area contributed by atoms with E-state index in [0.29, 0.717) is 0 Å². The van der Waals surface area contributed by atoms with Gasteiger partial charge >= 0.3 is 71.1 Å². The Morgan fingerprint density at radius 2 is 2.29 bits per heavy atom. The molecule has 0 bridgehead atoms. The van der Waals surface area contributed by atoms with Crippen molar-refractivity contribution in [1.82, 2.24) is 0 Å². The average Bonchev–Trinajstić information content (AvgIpc) is 1.91. The van der Waals surface area contributed by atoms with Crippen molar-refractivity contribution in [1.29, 1.82) is 0 Å². The normalized spacial score (nSPS) is 17.6. The van der Waals surface area contributed by atoms with Gasteiger partial charge in [-0.1, -0.05) is 0 Å². The van der Waals surface area contributed by atoms with Gasteiger partial charge in [0.05, 0.1) is 0 Å². The number of hydrogen-bond acceptors (Lipinski definition) is 0. The van der Waals surface area contributed by atoms with Crippen LogP contribution < -0.4 is 0 Å². The van der Waals surface area contributed by atoms with Crippen LogP contribution in [0.15, 0.2) is 31.5 Å². The summed E-state index contributed by atoms with van der Waals surface area (Å²) in [6.45, 7) is 3.81. The van der Waals surface area contributed by atoms with Gasteiger partial charge in [0.2, 0.25) is 0 Å². The second-order valence-electron chi connectivity index (χ2n) is 1.46. The molecule has 33 valence electrons. The molecule has 0 saturated carbocycles. The van der Waals surface area contributed by atoms with Gasteiger partial charge in [-0.25, -0.2) is 0 Å². The van der Waals surface area contributed by atoms with E-state index in [4.69, 9.17) is 0 Å². The number of allylic oxidation sites excluding steroid dienone is 5. The summed E-state index contributed by atoms with van der Waals surface area (Å²) >= 11 is 1.14. The Morgan fingerprint density at radius 3 is 2.43 bits per heavy atom. The Labute approximate surface area is 70.3 Å².